The maximum atomic E-state index is 4.26. The number of aromatic nitrogens is 2. The summed E-state index contributed by atoms with van der Waals surface area (Å²) in [6.07, 6.45) is 7.97. The molecule has 1 aromatic heterocycles. The van der Waals surface area contributed by atoms with Crippen molar-refractivity contribution in [3.63, 3.8) is 0 Å². The van der Waals surface area contributed by atoms with Crippen LogP contribution in [0.15, 0.2) is 18.5 Å². The Kier molecular flexibility index (Phi) is 4.21. The standard InChI is InChI=1S/C14H25N3/c1-11-5-6-12(2)14(9-11)16-13(3)10-17-8-4-7-15-17/h4,7-8,11-14,16H,5-6,9-10H2,1-3H3. The Balaban J connectivity index is 1.82. The van der Waals surface area contributed by atoms with E-state index in [4.69, 9.17) is 0 Å². The van der Waals surface area contributed by atoms with Crippen LogP contribution in [0.2, 0.25) is 0 Å². The number of rotatable bonds is 4. The van der Waals surface area contributed by atoms with E-state index in [1.54, 1.807) is 0 Å². The molecule has 0 radical (unpaired) electrons. The average Bonchev–Trinajstić information content (AvgIpc) is 2.76. The van der Waals surface area contributed by atoms with Crippen LogP contribution in [0.5, 0.6) is 0 Å². The second-order valence-electron chi connectivity index (χ2n) is 5.80. The molecule has 1 aromatic rings. The third-order valence-electron chi connectivity index (χ3n) is 3.98. The molecule has 4 unspecified atom stereocenters. The van der Waals surface area contributed by atoms with Crippen LogP contribution >= 0.6 is 0 Å². The van der Waals surface area contributed by atoms with Crippen LogP contribution in [0.1, 0.15) is 40.0 Å². The Morgan fingerprint density at radius 1 is 1.41 bits per heavy atom. The minimum absolute atomic E-state index is 0.493. The van der Waals surface area contributed by atoms with Gasteiger partial charge in [0.25, 0.3) is 0 Å². The van der Waals surface area contributed by atoms with E-state index in [9.17, 15) is 0 Å². The lowest BCUT2D eigenvalue weighted by molar-refractivity contribution is 0.210. The van der Waals surface area contributed by atoms with Crippen LogP contribution in [0.3, 0.4) is 0 Å². The van der Waals surface area contributed by atoms with Crippen molar-refractivity contribution in [1.82, 2.24) is 15.1 Å². The minimum Gasteiger partial charge on any atom is -0.309 e. The van der Waals surface area contributed by atoms with Crippen molar-refractivity contribution >= 4 is 0 Å². The molecule has 0 aromatic carbocycles. The molecule has 1 fully saturated rings. The third kappa shape index (κ3) is 3.56. The van der Waals surface area contributed by atoms with Crippen molar-refractivity contribution in [2.75, 3.05) is 0 Å². The SMILES string of the molecule is CC1CCC(C)C(NC(C)Cn2cccn2)C1. The molecule has 4 atom stereocenters. The molecule has 0 aliphatic heterocycles. The Labute approximate surface area is 105 Å². The van der Waals surface area contributed by atoms with E-state index in [-0.39, 0.29) is 0 Å². The van der Waals surface area contributed by atoms with E-state index in [0.717, 1.165) is 18.4 Å². The van der Waals surface area contributed by atoms with Crippen LogP contribution in [-0.4, -0.2) is 21.9 Å². The molecular formula is C14H25N3. The highest BCUT2D eigenvalue weighted by molar-refractivity contribution is 4.84. The van der Waals surface area contributed by atoms with E-state index in [2.05, 4.69) is 31.2 Å². The first-order valence-corrected chi connectivity index (χ1v) is 6.88. The number of nitrogens with one attached hydrogen (secondary N) is 1. The molecule has 3 heteroatoms. The number of hydrogen-bond acceptors (Lipinski definition) is 2. The molecule has 2 rings (SSSR count). The van der Waals surface area contributed by atoms with Crippen molar-refractivity contribution in [2.45, 2.75) is 58.7 Å². The molecule has 1 heterocycles. The second-order valence-corrected chi connectivity index (χ2v) is 5.80. The Bertz CT molecular complexity index is 320. The lowest BCUT2D eigenvalue weighted by atomic mass is 9.80. The van der Waals surface area contributed by atoms with E-state index in [1.807, 2.05) is 23.1 Å². The van der Waals surface area contributed by atoms with Crippen LogP contribution in [0.4, 0.5) is 0 Å². The van der Waals surface area contributed by atoms with Crippen molar-refractivity contribution < 1.29 is 0 Å². The number of nitrogens with zero attached hydrogens (tertiary/aromatic N) is 2. The quantitative estimate of drug-likeness (QED) is 0.869. The molecule has 0 amide bonds. The van der Waals surface area contributed by atoms with Crippen molar-refractivity contribution in [1.29, 1.82) is 0 Å². The summed E-state index contributed by atoms with van der Waals surface area (Å²) in [6.45, 7) is 7.97. The van der Waals surface area contributed by atoms with Gasteiger partial charge in [-0.2, -0.15) is 5.10 Å². The lowest BCUT2D eigenvalue weighted by Gasteiger charge is -2.35. The largest absolute Gasteiger partial charge is 0.309 e. The molecule has 96 valence electrons. The highest BCUT2D eigenvalue weighted by Crippen LogP contribution is 2.28. The van der Waals surface area contributed by atoms with Gasteiger partial charge in [0, 0.05) is 24.5 Å². The molecule has 1 N–H and O–H groups in total. The Morgan fingerprint density at radius 2 is 2.24 bits per heavy atom. The van der Waals surface area contributed by atoms with Gasteiger partial charge in [-0.25, -0.2) is 0 Å². The highest BCUT2D eigenvalue weighted by Gasteiger charge is 2.26. The monoisotopic (exact) mass is 235 g/mol. The smallest absolute Gasteiger partial charge is 0.0560 e. The fourth-order valence-corrected chi connectivity index (χ4v) is 2.87. The Morgan fingerprint density at radius 3 is 2.94 bits per heavy atom. The fourth-order valence-electron chi connectivity index (χ4n) is 2.87. The molecule has 1 saturated carbocycles. The van der Waals surface area contributed by atoms with Gasteiger partial charge in [0.1, 0.15) is 0 Å². The molecule has 0 spiro atoms. The summed E-state index contributed by atoms with van der Waals surface area (Å²) in [4.78, 5) is 0. The normalized spacial score (nSPS) is 31.4. The summed E-state index contributed by atoms with van der Waals surface area (Å²) in [5, 5.41) is 8.04. The van der Waals surface area contributed by atoms with Gasteiger partial charge in [-0.1, -0.05) is 20.3 Å². The van der Waals surface area contributed by atoms with Gasteiger partial charge in [0.2, 0.25) is 0 Å². The second kappa shape index (κ2) is 5.67. The molecule has 3 nitrogen and oxygen atoms in total. The minimum atomic E-state index is 0.493. The molecule has 1 aliphatic carbocycles. The van der Waals surface area contributed by atoms with Gasteiger partial charge >= 0.3 is 0 Å². The summed E-state index contributed by atoms with van der Waals surface area (Å²) in [5.41, 5.74) is 0. The van der Waals surface area contributed by atoms with Crippen LogP contribution in [0.25, 0.3) is 0 Å². The zero-order chi connectivity index (χ0) is 12.3. The topological polar surface area (TPSA) is 29.9 Å². The van der Waals surface area contributed by atoms with Gasteiger partial charge in [-0.15, -0.1) is 0 Å². The summed E-state index contributed by atoms with van der Waals surface area (Å²) in [6, 6.07) is 3.16. The van der Waals surface area contributed by atoms with E-state index in [0.29, 0.717) is 12.1 Å². The predicted molar refractivity (Wildman–Crippen MR) is 70.8 cm³/mol. The summed E-state index contributed by atoms with van der Waals surface area (Å²) >= 11 is 0. The fraction of sp³-hybridized carbons (Fsp3) is 0.786. The lowest BCUT2D eigenvalue weighted by Crippen LogP contribution is -2.45. The zero-order valence-corrected chi connectivity index (χ0v) is 11.3. The van der Waals surface area contributed by atoms with Crippen LogP contribution < -0.4 is 5.32 Å². The molecule has 1 aliphatic rings. The van der Waals surface area contributed by atoms with E-state index >= 15 is 0 Å². The van der Waals surface area contributed by atoms with E-state index in [1.165, 1.54) is 19.3 Å². The van der Waals surface area contributed by atoms with Crippen LogP contribution in [0, 0.1) is 11.8 Å². The number of hydrogen-bond donors (Lipinski definition) is 1. The van der Waals surface area contributed by atoms with Crippen LogP contribution in [-0.2, 0) is 6.54 Å². The van der Waals surface area contributed by atoms with E-state index < -0.39 is 0 Å². The van der Waals surface area contributed by atoms with Gasteiger partial charge in [-0.3, -0.25) is 4.68 Å². The summed E-state index contributed by atoms with van der Waals surface area (Å²) in [7, 11) is 0. The summed E-state index contributed by atoms with van der Waals surface area (Å²) in [5.74, 6) is 1.69. The first kappa shape index (κ1) is 12.6. The molecule has 0 bridgehead atoms. The molecule has 17 heavy (non-hydrogen) atoms. The van der Waals surface area contributed by atoms with Gasteiger partial charge < -0.3 is 5.32 Å². The van der Waals surface area contributed by atoms with Crippen molar-refractivity contribution in [2.24, 2.45) is 11.8 Å². The maximum Gasteiger partial charge on any atom is 0.0560 e. The van der Waals surface area contributed by atoms with Crippen molar-refractivity contribution in [3.05, 3.63) is 18.5 Å². The predicted octanol–water partition coefficient (Wildman–Crippen LogP) is 2.69. The zero-order valence-electron chi connectivity index (χ0n) is 11.3. The maximum absolute atomic E-state index is 4.26. The first-order chi connectivity index (χ1) is 8.15. The van der Waals surface area contributed by atoms with Gasteiger partial charge in [0.05, 0.1) is 6.54 Å². The van der Waals surface area contributed by atoms with Crippen molar-refractivity contribution in [3.8, 4) is 0 Å². The third-order valence-corrected chi connectivity index (χ3v) is 3.98. The average molecular weight is 235 g/mol. The molecule has 0 saturated heterocycles. The van der Waals surface area contributed by atoms with Gasteiger partial charge in [-0.05, 0) is 37.7 Å². The first-order valence-electron chi connectivity index (χ1n) is 6.88. The molecular weight excluding hydrogens is 210 g/mol. The summed E-state index contributed by atoms with van der Waals surface area (Å²) < 4.78 is 2.01. The highest BCUT2D eigenvalue weighted by atomic mass is 15.3. The van der Waals surface area contributed by atoms with Gasteiger partial charge in [0.15, 0.2) is 0 Å². The Hall–Kier alpha value is -0.830.